The van der Waals surface area contributed by atoms with E-state index in [0.29, 0.717) is 38.1 Å². The molecule has 0 aliphatic carbocycles. The third-order valence-corrected chi connectivity index (χ3v) is 9.46. The maximum absolute atomic E-state index is 13.3. The molecule has 0 saturated carbocycles. The maximum atomic E-state index is 13.3. The largest absolute Gasteiger partial charge is 0.497 e. The molecule has 30 heavy (non-hydrogen) atoms. The lowest BCUT2D eigenvalue weighted by atomic mass is 9.97. The first-order chi connectivity index (χ1) is 14.2. The molecule has 2 heterocycles. The lowest BCUT2D eigenvalue weighted by molar-refractivity contribution is -0.138. The summed E-state index contributed by atoms with van der Waals surface area (Å²) in [5, 5.41) is 0. The molecule has 2 aliphatic rings. The van der Waals surface area contributed by atoms with Crippen molar-refractivity contribution in [2.45, 2.75) is 43.5 Å². The summed E-state index contributed by atoms with van der Waals surface area (Å²) in [5.74, 6) is 0.0882. The minimum absolute atomic E-state index is 0.000673. The number of ether oxygens (including phenoxy) is 1. The molecule has 1 aromatic rings. The molecule has 8 nitrogen and oxygen atoms in total. The van der Waals surface area contributed by atoms with Crippen LogP contribution in [-0.4, -0.2) is 76.2 Å². The predicted octanol–water partition coefficient (Wildman–Crippen LogP) is 1.52. The lowest BCUT2D eigenvalue weighted by Gasteiger charge is -2.36. The van der Waals surface area contributed by atoms with Crippen molar-refractivity contribution >= 4 is 25.8 Å². The Kier molecular flexibility index (Phi) is 7.09. The standard InChI is InChI=1S/C20H30N2O6S2/c1-3-11-22(17-10-13-29(24,25)15-17)20(23)16-5-4-12-21(14-16)30(26,27)19-8-6-18(28-2)7-9-19/h6-9,16-17H,3-5,10-15H2,1-2H3/t16-,17+/m1/s1. The minimum Gasteiger partial charge on any atom is -0.497 e. The number of benzene rings is 1. The van der Waals surface area contributed by atoms with Gasteiger partial charge in [-0.1, -0.05) is 6.92 Å². The highest BCUT2D eigenvalue weighted by atomic mass is 32.2. The molecule has 0 radical (unpaired) electrons. The van der Waals surface area contributed by atoms with Crippen LogP contribution < -0.4 is 4.74 Å². The SMILES string of the molecule is CCCN(C(=O)[C@@H]1CCCN(S(=O)(=O)c2ccc(OC)cc2)C1)[C@H]1CCS(=O)(=O)C1. The molecule has 0 spiro atoms. The van der Waals surface area contributed by atoms with Crippen LogP contribution in [-0.2, 0) is 24.7 Å². The van der Waals surface area contributed by atoms with E-state index in [1.807, 2.05) is 6.92 Å². The Hall–Kier alpha value is -1.65. The van der Waals surface area contributed by atoms with Gasteiger partial charge in [0.15, 0.2) is 9.84 Å². The Balaban J connectivity index is 1.75. The van der Waals surface area contributed by atoms with Gasteiger partial charge in [0, 0.05) is 25.7 Å². The monoisotopic (exact) mass is 458 g/mol. The van der Waals surface area contributed by atoms with Crippen molar-refractivity contribution in [1.82, 2.24) is 9.21 Å². The number of sulfonamides is 1. The number of carbonyl (C=O) groups is 1. The van der Waals surface area contributed by atoms with E-state index in [2.05, 4.69) is 0 Å². The highest BCUT2D eigenvalue weighted by molar-refractivity contribution is 7.91. The van der Waals surface area contributed by atoms with Gasteiger partial charge in [-0.25, -0.2) is 16.8 Å². The molecule has 0 N–H and O–H groups in total. The number of amides is 1. The van der Waals surface area contributed by atoms with Crippen molar-refractivity contribution in [1.29, 1.82) is 0 Å². The summed E-state index contributed by atoms with van der Waals surface area (Å²) < 4.78 is 56.4. The third-order valence-electron chi connectivity index (χ3n) is 5.83. The van der Waals surface area contributed by atoms with Crippen LogP contribution in [0.25, 0.3) is 0 Å². The fourth-order valence-corrected chi connectivity index (χ4v) is 7.48. The van der Waals surface area contributed by atoms with E-state index >= 15 is 0 Å². The van der Waals surface area contributed by atoms with Gasteiger partial charge in [-0.15, -0.1) is 0 Å². The Labute approximate surface area is 179 Å². The molecule has 3 rings (SSSR count). The number of hydrogen-bond donors (Lipinski definition) is 0. The zero-order valence-corrected chi connectivity index (χ0v) is 19.1. The van der Waals surface area contributed by atoms with Crippen molar-refractivity contribution in [2.75, 3.05) is 38.2 Å². The second-order valence-electron chi connectivity index (χ2n) is 7.97. The van der Waals surface area contributed by atoms with Crippen molar-refractivity contribution < 1.29 is 26.4 Å². The topological polar surface area (TPSA) is 101 Å². The summed E-state index contributed by atoms with van der Waals surface area (Å²) in [6.45, 7) is 2.92. The van der Waals surface area contributed by atoms with E-state index in [0.717, 1.165) is 6.42 Å². The van der Waals surface area contributed by atoms with Crippen molar-refractivity contribution in [2.24, 2.45) is 5.92 Å². The third kappa shape index (κ3) is 4.97. The second-order valence-corrected chi connectivity index (χ2v) is 12.1. The van der Waals surface area contributed by atoms with Crippen LogP contribution in [0.15, 0.2) is 29.2 Å². The van der Waals surface area contributed by atoms with Crippen LogP contribution >= 0.6 is 0 Å². The fourth-order valence-electron chi connectivity index (χ4n) is 4.23. The fraction of sp³-hybridized carbons (Fsp3) is 0.650. The maximum Gasteiger partial charge on any atom is 0.243 e. The van der Waals surface area contributed by atoms with Gasteiger partial charge < -0.3 is 9.64 Å². The number of rotatable bonds is 7. The van der Waals surface area contributed by atoms with E-state index in [-0.39, 0.29) is 34.9 Å². The van der Waals surface area contributed by atoms with Gasteiger partial charge in [-0.3, -0.25) is 4.79 Å². The van der Waals surface area contributed by atoms with E-state index < -0.39 is 25.8 Å². The van der Waals surface area contributed by atoms with Gasteiger partial charge in [0.25, 0.3) is 0 Å². The van der Waals surface area contributed by atoms with E-state index in [4.69, 9.17) is 4.74 Å². The zero-order chi connectivity index (χ0) is 21.9. The molecular formula is C20H30N2O6S2. The summed E-state index contributed by atoms with van der Waals surface area (Å²) in [6.07, 6.45) is 2.37. The summed E-state index contributed by atoms with van der Waals surface area (Å²) >= 11 is 0. The molecule has 0 unspecified atom stereocenters. The van der Waals surface area contributed by atoms with Crippen LogP contribution in [0, 0.1) is 5.92 Å². The number of methoxy groups -OCH3 is 1. The van der Waals surface area contributed by atoms with Crippen molar-refractivity contribution in [3.63, 3.8) is 0 Å². The van der Waals surface area contributed by atoms with Crippen LogP contribution in [0.1, 0.15) is 32.6 Å². The summed E-state index contributed by atoms with van der Waals surface area (Å²) in [5.41, 5.74) is 0. The number of nitrogens with zero attached hydrogens (tertiary/aromatic N) is 2. The highest BCUT2D eigenvalue weighted by Crippen LogP contribution is 2.28. The summed E-state index contributed by atoms with van der Waals surface area (Å²) in [4.78, 5) is 15.1. The van der Waals surface area contributed by atoms with E-state index in [9.17, 15) is 21.6 Å². The van der Waals surface area contributed by atoms with Crippen molar-refractivity contribution in [3.05, 3.63) is 24.3 Å². The Morgan fingerprint density at radius 1 is 1.23 bits per heavy atom. The van der Waals surface area contributed by atoms with Gasteiger partial charge in [-0.05, 0) is 49.9 Å². The van der Waals surface area contributed by atoms with E-state index in [1.54, 1.807) is 17.0 Å². The summed E-state index contributed by atoms with van der Waals surface area (Å²) in [6, 6.07) is 5.90. The quantitative estimate of drug-likeness (QED) is 0.614. The number of piperidine rings is 1. The van der Waals surface area contributed by atoms with Gasteiger partial charge in [0.05, 0.1) is 29.4 Å². The Morgan fingerprint density at radius 3 is 2.50 bits per heavy atom. The Bertz CT molecular complexity index is 960. The molecular weight excluding hydrogens is 428 g/mol. The first-order valence-corrected chi connectivity index (χ1v) is 13.6. The lowest BCUT2D eigenvalue weighted by Crippen LogP contribution is -2.50. The highest BCUT2D eigenvalue weighted by Gasteiger charge is 2.39. The van der Waals surface area contributed by atoms with Gasteiger partial charge in [0.1, 0.15) is 5.75 Å². The summed E-state index contributed by atoms with van der Waals surface area (Å²) in [7, 11) is -5.31. The first kappa shape index (κ1) is 23.0. The predicted molar refractivity (Wildman–Crippen MR) is 114 cm³/mol. The first-order valence-electron chi connectivity index (χ1n) is 10.3. The molecule has 10 heteroatoms. The van der Waals surface area contributed by atoms with Gasteiger partial charge in [0.2, 0.25) is 15.9 Å². The number of hydrogen-bond acceptors (Lipinski definition) is 6. The number of sulfone groups is 1. The smallest absolute Gasteiger partial charge is 0.243 e. The average molecular weight is 459 g/mol. The molecule has 2 aliphatic heterocycles. The molecule has 1 amide bonds. The van der Waals surface area contributed by atoms with Crippen LogP contribution in [0.3, 0.4) is 0 Å². The van der Waals surface area contributed by atoms with Gasteiger partial charge >= 0.3 is 0 Å². The molecule has 168 valence electrons. The average Bonchev–Trinajstić information content (AvgIpc) is 3.11. The second kappa shape index (κ2) is 9.23. The van der Waals surface area contributed by atoms with E-state index in [1.165, 1.54) is 23.5 Å². The van der Waals surface area contributed by atoms with Crippen LogP contribution in [0.2, 0.25) is 0 Å². The molecule has 0 bridgehead atoms. The normalized spacial score (nSPS) is 24.5. The zero-order valence-electron chi connectivity index (χ0n) is 17.5. The molecule has 2 saturated heterocycles. The molecule has 2 atom stereocenters. The minimum atomic E-state index is -3.72. The molecule has 1 aromatic carbocycles. The van der Waals surface area contributed by atoms with Crippen LogP contribution in [0.5, 0.6) is 5.75 Å². The van der Waals surface area contributed by atoms with Crippen molar-refractivity contribution in [3.8, 4) is 5.75 Å². The molecule has 2 fully saturated rings. The number of carbonyl (C=O) groups excluding carboxylic acids is 1. The van der Waals surface area contributed by atoms with Gasteiger partial charge in [-0.2, -0.15) is 4.31 Å². The van der Waals surface area contributed by atoms with Crippen LogP contribution in [0.4, 0.5) is 0 Å². The molecule has 0 aromatic heterocycles. The Morgan fingerprint density at radius 2 is 1.93 bits per heavy atom.